The van der Waals surface area contributed by atoms with Crippen LogP contribution in [0.25, 0.3) is 0 Å². The SMILES string of the molecule is COC[C@H]1CCC[NH+]1C[C@H]1C(=O)O[C@@H]2C[C@@]3(C)CCC[C@@]4(CO4)[C@@H]3C[C@@H]21. The number of quaternary nitrogens is 1. The molecule has 1 spiro atoms. The average molecular weight is 365 g/mol. The van der Waals surface area contributed by atoms with Gasteiger partial charge in [0.2, 0.25) is 0 Å². The summed E-state index contributed by atoms with van der Waals surface area (Å²) in [6.07, 6.45) is 8.53. The fourth-order valence-electron chi connectivity index (χ4n) is 7.13. The van der Waals surface area contributed by atoms with Crippen molar-refractivity contribution >= 4 is 5.97 Å². The second-order valence-electron chi connectivity index (χ2n) is 10.0. The molecule has 3 aliphatic heterocycles. The Balaban J connectivity index is 1.34. The molecule has 0 aromatic carbocycles. The van der Waals surface area contributed by atoms with Gasteiger partial charge in [-0.05, 0) is 43.4 Å². The highest BCUT2D eigenvalue weighted by atomic mass is 16.6. The maximum absolute atomic E-state index is 12.8. The van der Waals surface area contributed by atoms with E-state index in [0.29, 0.717) is 23.3 Å². The quantitative estimate of drug-likeness (QED) is 0.602. The monoisotopic (exact) mass is 364 g/mol. The molecule has 3 heterocycles. The molecule has 0 radical (unpaired) electrons. The van der Waals surface area contributed by atoms with Gasteiger partial charge in [-0.2, -0.15) is 0 Å². The summed E-state index contributed by atoms with van der Waals surface area (Å²) in [4.78, 5) is 14.3. The summed E-state index contributed by atoms with van der Waals surface area (Å²) in [5.41, 5.74) is 0.442. The van der Waals surface area contributed by atoms with Crippen molar-refractivity contribution in [1.82, 2.24) is 0 Å². The second kappa shape index (κ2) is 6.18. The molecule has 5 fully saturated rings. The van der Waals surface area contributed by atoms with Gasteiger partial charge >= 0.3 is 5.97 Å². The molecular formula is C21H34NO4+. The third-order valence-corrected chi connectivity index (χ3v) is 8.56. The minimum Gasteiger partial charge on any atom is -0.462 e. The Bertz CT molecular complexity index is 576. The van der Waals surface area contributed by atoms with Crippen molar-refractivity contribution in [3.05, 3.63) is 0 Å². The van der Waals surface area contributed by atoms with Crippen LogP contribution in [0.5, 0.6) is 0 Å². The lowest BCUT2D eigenvalue weighted by Gasteiger charge is -2.51. The fourth-order valence-corrected chi connectivity index (χ4v) is 7.13. The molecule has 8 atom stereocenters. The number of methoxy groups -OCH3 is 1. The van der Waals surface area contributed by atoms with Gasteiger partial charge in [0.15, 0.2) is 0 Å². The molecule has 2 aliphatic carbocycles. The zero-order valence-electron chi connectivity index (χ0n) is 16.3. The lowest BCUT2D eigenvalue weighted by Crippen LogP contribution is -3.15. The molecule has 5 nitrogen and oxygen atoms in total. The van der Waals surface area contributed by atoms with Gasteiger partial charge in [-0.15, -0.1) is 0 Å². The summed E-state index contributed by atoms with van der Waals surface area (Å²) in [7, 11) is 1.79. The number of epoxide rings is 1. The highest BCUT2D eigenvalue weighted by molar-refractivity contribution is 5.75. The minimum atomic E-state index is 0.0728. The number of likely N-dealkylation sites (tertiary alicyclic amines) is 1. The third kappa shape index (κ3) is 2.65. The first-order valence-corrected chi connectivity index (χ1v) is 10.7. The first-order valence-electron chi connectivity index (χ1n) is 10.7. The minimum absolute atomic E-state index is 0.0728. The Kier molecular flexibility index (Phi) is 4.15. The number of carbonyl (C=O) groups is 1. The smallest absolute Gasteiger partial charge is 0.315 e. The van der Waals surface area contributed by atoms with E-state index in [1.54, 1.807) is 12.0 Å². The lowest BCUT2D eigenvalue weighted by molar-refractivity contribution is -0.915. The summed E-state index contributed by atoms with van der Waals surface area (Å²) in [6.45, 7) is 6.28. The molecule has 0 amide bonds. The topological polar surface area (TPSA) is 52.5 Å². The zero-order valence-corrected chi connectivity index (χ0v) is 16.3. The molecule has 26 heavy (non-hydrogen) atoms. The number of hydrogen-bond acceptors (Lipinski definition) is 4. The lowest BCUT2D eigenvalue weighted by atomic mass is 9.53. The normalized spacial score (nSPS) is 52.6. The van der Waals surface area contributed by atoms with E-state index in [4.69, 9.17) is 14.2 Å². The van der Waals surface area contributed by atoms with Gasteiger partial charge in [0.1, 0.15) is 18.1 Å². The van der Waals surface area contributed by atoms with Gasteiger partial charge in [-0.1, -0.05) is 6.92 Å². The van der Waals surface area contributed by atoms with Crippen LogP contribution in [0.2, 0.25) is 0 Å². The molecule has 1 unspecified atom stereocenters. The maximum Gasteiger partial charge on any atom is 0.315 e. The van der Waals surface area contributed by atoms with Crippen molar-refractivity contribution in [1.29, 1.82) is 0 Å². The number of esters is 1. The third-order valence-electron chi connectivity index (χ3n) is 8.56. The maximum atomic E-state index is 12.8. The van der Waals surface area contributed by atoms with Crippen molar-refractivity contribution in [3.63, 3.8) is 0 Å². The summed E-state index contributed by atoms with van der Waals surface area (Å²) in [5.74, 6) is 1.17. The van der Waals surface area contributed by atoms with Crippen LogP contribution in [0.1, 0.15) is 51.9 Å². The Hall–Kier alpha value is -0.650. The van der Waals surface area contributed by atoms with Crippen LogP contribution in [0.15, 0.2) is 0 Å². The summed E-state index contributed by atoms with van der Waals surface area (Å²) in [6, 6.07) is 0.550. The van der Waals surface area contributed by atoms with E-state index in [1.807, 2.05) is 0 Å². The van der Waals surface area contributed by atoms with Gasteiger partial charge in [0.05, 0.1) is 31.9 Å². The number of ether oxygens (including phenoxy) is 3. The predicted molar refractivity (Wildman–Crippen MR) is 95.8 cm³/mol. The molecule has 146 valence electrons. The van der Waals surface area contributed by atoms with Gasteiger partial charge in [0.25, 0.3) is 0 Å². The molecule has 5 rings (SSSR count). The van der Waals surface area contributed by atoms with E-state index in [9.17, 15) is 4.79 Å². The van der Waals surface area contributed by atoms with Crippen molar-refractivity contribution in [3.8, 4) is 0 Å². The van der Waals surface area contributed by atoms with E-state index >= 15 is 0 Å². The van der Waals surface area contributed by atoms with E-state index < -0.39 is 0 Å². The Morgan fingerprint density at radius 3 is 2.92 bits per heavy atom. The highest BCUT2D eigenvalue weighted by Crippen LogP contribution is 2.62. The Morgan fingerprint density at radius 1 is 1.31 bits per heavy atom. The Morgan fingerprint density at radius 2 is 2.15 bits per heavy atom. The van der Waals surface area contributed by atoms with Crippen LogP contribution in [0.4, 0.5) is 0 Å². The molecule has 0 aromatic heterocycles. The summed E-state index contributed by atoms with van der Waals surface area (Å²) >= 11 is 0. The van der Waals surface area contributed by atoms with Crippen molar-refractivity contribution in [2.75, 3.05) is 33.4 Å². The van der Waals surface area contributed by atoms with Crippen LogP contribution >= 0.6 is 0 Å². The average Bonchev–Trinajstić information content (AvgIpc) is 3.12. The van der Waals surface area contributed by atoms with Crippen LogP contribution in [0, 0.1) is 23.2 Å². The van der Waals surface area contributed by atoms with Crippen LogP contribution in [-0.2, 0) is 19.0 Å². The molecule has 2 saturated carbocycles. The van der Waals surface area contributed by atoms with E-state index in [0.717, 1.165) is 32.6 Å². The zero-order chi connectivity index (χ0) is 17.9. The summed E-state index contributed by atoms with van der Waals surface area (Å²) < 4.78 is 17.4. The number of fused-ring (bicyclic) bond motifs is 3. The first kappa shape index (κ1) is 17.4. The van der Waals surface area contributed by atoms with E-state index in [2.05, 4.69) is 6.92 Å². The number of nitrogens with one attached hydrogen (secondary N) is 1. The first-order chi connectivity index (χ1) is 12.5. The van der Waals surface area contributed by atoms with Gasteiger partial charge < -0.3 is 19.1 Å². The standard InChI is InChI=1S/C21H33NO4/c1-20-6-4-7-21(13-25-21)18(20)9-15-16(19(23)26-17(15)10-20)11-22-8-3-5-14(22)12-24-2/h14-18H,3-13H2,1-2H3/p+1/t14-,15-,16-,17-,18-,20-,21-/m1/s1. The Labute approximate surface area is 156 Å². The van der Waals surface area contributed by atoms with Crippen LogP contribution < -0.4 is 4.90 Å². The highest BCUT2D eigenvalue weighted by Gasteiger charge is 2.65. The van der Waals surface area contributed by atoms with Gasteiger partial charge in [-0.25, -0.2) is 0 Å². The fraction of sp³-hybridized carbons (Fsp3) is 0.952. The number of hydrogen-bond donors (Lipinski definition) is 1. The number of carbonyl (C=O) groups excluding carboxylic acids is 1. The molecule has 5 heteroatoms. The molecule has 5 aliphatic rings. The van der Waals surface area contributed by atoms with Gasteiger partial charge in [-0.3, -0.25) is 4.79 Å². The van der Waals surface area contributed by atoms with Crippen molar-refractivity contribution < 1.29 is 23.9 Å². The largest absolute Gasteiger partial charge is 0.462 e. The molecule has 3 saturated heterocycles. The van der Waals surface area contributed by atoms with E-state index in [1.165, 1.54) is 38.6 Å². The van der Waals surface area contributed by atoms with Crippen LogP contribution in [-0.4, -0.2) is 57.1 Å². The second-order valence-corrected chi connectivity index (χ2v) is 10.0. The van der Waals surface area contributed by atoms with Crippen molar-refractivity contribution in [2.24, 2.45) is 23.2 Å². The molecule has 0 bridgehead atoms. The van der Waals surface area contributed by atoms with Gasteiger partial charge in [0, 0.05) is 25.9 Å². The summed E-state index contributed by atoms with van der Waals surface area (Å²) in [5, 5.41) is 0. The van der Waals surface area contributed by atoms with E-state index in [-0.39, 0.29) is 23.6 Å². The molecule has 1 N–H and O–H groups in total. The number of rotatable bonds is 4. The van der Waals surface area contributed by atoms with Crippen LogP contribution in [0.3, 0.4) is 0 Å². The molecule has 0 aromatic rings. The van der Waals surface area contributed by atoms with Crippen molar-refractivity contribution in [2.45, 2.75) is 69.6 Å². The predicted octanol–water partition coefficient (Wildman–Crippen LogP) is 1.21. The molecular weight excluding hydrogens is 330 g/mol.